The van der Waals surface area contributed by atoms with Crippen LogP contribution in [0.25, 0.3) is 0 Å². The normalized spacial score (nSPS) is 12.5. The van der Waals surface area contributed by atoms with Gasteiger partial charge in [-0.25, -0.2) is 0 Å². The number of hydrogen-bond acceptors (Lipinski definition) is 3. The molecule has 0 aromatic heterocycles. The molecule has 2 aromatic carbocycles. The number of thioether (sulfide) groups is 1. The number of nitrogens with one attached hydrogen (secondary N) is 2. The molecule has 1 aliphatic carbocycles. The predicted octanol–water partition coefficient (Wildman–Crippen LogP) is 3.79. The Morgan fingerprint density at radius 3 is 2.20 bits per heavy atom. The second kappa shape index (κ2) is 8.21. The Hall–Kier alpha value is -2.27. The molecule has 0 radical (unpaired) electrons. The van der Waals surface area contributed by atoms with Gasteiger partial charge in [0.2, 0.25) is 11.8 Å². The third-order valence-corrected chi connectivity index (χ3v) is 5.12. The average molecular weight is 354 g/mol. The van der Waals surface area contributed by atoms with Crippen LogP contribution in [-0.2, 0) is 22.4 Å². The third-order valence-electron chi connectivity index (χ3n) is 4.18. The quantitative estimate of drug-likeness (QED) is 0.830. The molecule has 25 heavy (non-hydrogen) atoms. The Morgan fingerprint density at radius 2 is 1.48 bits per heavy atom. The van der Waals surface area contributed by atoms with Crippen LogP contribution in [0.15, 0.2) is 42.5 Å². The maximum Gasteiger partial charge on any atom is 0.234 e. The van der Waals surface area contributed by atoms with E-state index in [1.165, 1.54) is 29.3 Å². The van der Waals surface area contributed by atoms with Crippen molar-refractivity contribution in [3.05, 3.63) is 59.2 Å². The lowest BCUT2D eigenvalue weighted by molar-refractivity contribution is -0.114. The Bertz CT molecular complexity index is 772. The number of carbonyl (C=O) groups is 2. The fourth-order valence-corrected chi connectivity index (χ4v) is 3.53. The van der Waals surface area contributed by atoms with Gasteiger partial charge in [-0.05, 0) is 61.6 Å². The number of carbonyl (C=O) groups excluding carboxylic acids is 2. The zero-order chi connectivity index (χ0) is 17.6. The minimum atomic E-state index is -0.0980. The molecule has 0 bridgehead atoms. The van der Waals surface area contributed by atoms with Gasteiger partial charge in [0, 0.05) is 11.4 Å². The largest absolute Gasteiger partial charge is 0.325 e. The van der Waals surface area contributed by atoms with Crippen LogP contribution in [-0.4, -0.2) is 23.3 Å². The number of anilines is 2. The lowest BCUT2D eigenvalue weighted by Gasteiger charge is -2.08. The summed E-state index contributed by atoms with van der Waals surface area (Å²) in [5.74, 6) is 0.342. The van der Waals surface area contributed by atoms with E-state index in [4.69, 9.17) is 0 Å². The van der Waals surface area contributed by atoms with Crippen molar-refractivity contribution in [1.82, 2.24) is 0 Å². The molecule has 2 N–H and O–H groups in total. The molecule has 0 atom stereocenters. The number of hydrogen-bond donors (Lipinski definition) is 2. The maximum absolute atomic E-state index is 12.0. The minimum Gasteiger partial charge on any atom is -0.325 e. The molecule has 0 spiro atoms. The van der Waals surface area contributed by atoms with Crippen LogP contribution in [0.4, 0.5) is 11.4 Å². The van der Waals surface area contributed by atoms with Crippen molar-refractivity contribution in [2.75, 3.05) is 22.1 Å². The summed E-state index contributed by atoms with van der Waals surface area (Å²) in [7, 11) is 0. The summed E-state index contributed by atoms with van der Waals surface area (Å²) >= 11 is 1.31. The van der Waals surface area contributed by atoms with Gasteiger partial charge in [0.05, 0.1) is 11.5 Å². The van der Waals surface area contributed by atoms with Gasteiger partial charge in [0.15, 0.2) is 0 Å². The number of benzene rings is 2. The Labute approximate surface area is 152 Å². The monoisotopic (exact) mass is 354 g/mol. The molecular formula is C20H22N2O2S. The van der Waals surface area contributed by atoms with Crippen molar-refractivity contribution >= 4 is 35.0 Å². The van der Waals surface area contributed by atoms with Gasteiger partial charge >= 0.3 is 0 Å². The molecule has 0 saturated heterocycles. The maximum atomic E-state index is 12.0. The minimum absolute atomic E-state index is 0.0777. The van der Waals surface area contributed by atoms with Crippen molar-refractivity contribution in [2.45, 2.75) is 26.2 Å². The summed E-state index contributed by atoms with van der Waals surface area (Å²) in [6, 6.07) is 13.8. The fourth-order valence-electron chi connectivity index (χ4n) is 2.92. The Morgan fingerprint density at radius 1 is 0.880 bits per heavy atom. The smallest absolute Gasteiger partial charge is 0.234 e. The lowest BCUT2D eigenvalue weighted by atomic mass is 10.1. The van der Waals surface area contributed by atoms with Gasteiger partial charge in [-0.15, -0.1) is 11.8 Å². The van der Waals surface area contributed by atoms with E-state index < -0.39 is 0 Å². The highest BCUT2D eigenvalue weighted by atomic mass is 32.2. The topological polar surface area (TPSA) is 58.2 Å². The van der Waals surface area contributed by atoms with E-state index in [1.807, 2.05) is 37.3 Å². The molecule has 5 heteroatoms. The zero-order valence-corrected chi connectivity index (χ0v) is 15.1. The molecule has 0 aliphatic heterocycles. The first-order valence-electron chi connectivity index (χ1n) is 8.46. The average Bonchev–Trinajstić information content (AvgIpc) is 3.04. The first kappa shape index (κ1) is 17.5. The van der Waals surface area contributed by atoms with E-state index in [-0.39, 0.29) is 23.3 Å². The van der Waals surface area contributed by atoms with Crippen molar-refractivity contribution in [2.24, 2.45) is 0 Å². The van der Waals surface area contributed by atoms with Gasteiger partial charge in [-0.2, -0.15) is 0 Å². The van der Waals surface area contributed by atoms with E-state index in [9.17, 15) is 9.59 Å². The number of rotatable bonds is 6. The van der Waals surface area contributed by atoms with Crippen LogP contribution in [0, 0.1) is 6.92 Å². The summed E-state index contributed by atoms with van der Waals surface area (Å²) < 4.78 is 0. The van der Waals surface area contributed by atoms with E-state index in [0.717, 1.165) is 29.8 Å². The molecule has 2 amide bonds. The Kier molecular flexibility index (Phi) is 5.76. The van der Waals surface area contributed by atoms with Gasteiger partial charge in [0.25, 0.3) is 0 Å². The van der Waals surface area contributed by atoms with Crippen LogP contribution in [0.3, 0.4) is 0 Å². The molecular weight excluding hydrogens is 332 g/mol. The number of amides is 2. The molecule has 0 heterocycles. The van der Waals surface area contributed by atoms with Crippen molar-refractivity contribution in [3.8, 4) is 0 Å². The van der Waals surface area contributed by atoms with Gasteiger partial charge in [-0.3, -0.25) is 9.59 Å². The van der Waals surface area contributed by atoms with Crippen molar-refractivity contribution in [3.63, 3.8) is 0 Å². The zero-order valence-electron chi connectivity index (χ0n) is 14.3. The summed E-state index contributed by atoms with van der Waals surface area (Å²) in [6.07, 6.45) is 3.42. The van der Waals surface area contributed by atoms with Crippen LogP contribution in [0.2, 0.25) is 0 Å². The molecule has 0 unspecified atom stereocenters. The van der Waals surface area contributed by atoms with Gasteiger partial charge < -0.3 is 10.6 Å². The van der Waals surface area contributed by atoms with E-state index in [1.54, 1.807) is 0 Å². The summed E-state index contributed by atoms with van der Waals surface area (Å²) in [6.45, 7) is 2.00. The first-order valence-corrected chi connectivity index (χ1v) is 9.61. The van der Waals surface area contributed by atoms with E-state index in [0.29, 0.717) is 0 Å². The number of aryl methyl sites for hydroxylation is 3. The SMILES string of the molecule is Cc1ccc(NC(=O)CSCC(=O)Nc2ccc3c(c2)CCC3)cc1. The predicted molar refractivity (Wildman–Crippen MR) is 104 cm³/mol. The van der Waals surface area contributed by atoms with Crippen LogP contribution >= 0.6 is 11.8 Å². The molecule has 0 fully saturated rings. The van der Waals surface area contributed by atoms with Gasteiger partial charge in [-0.1, -0.05) is 23.8 Å². The third kappa shape index (κ3) is 5.10. The van der Waals surface area contributed by atoms with E-state index >= 15 is 0 Å². The summed E-state index contributed by atoms with van der Waals surface area (Å²) in [4.78, 5) is 23.9. The highest BCUT2D eigenvalue weighted by Crippen LogP contribution is 2.25. The fraction of sp³-hybridized carbons (Fsp3) is 0.300. The number of fused-ring (bicyclic) bond motifs is 1. The van der Waals surface area contributed by atoms with Crippen LogP contribution < -0.4 is 10.6 Å². The summed E-state index contributed by atoms with van der Waals surface area (Å²) in [5.41, 5.74) is 5.49. The first-order chi connectivity index (χ1) is 12.1. The van der Waals surface area contributed by atoms with Crippen molar-refractivity contribution in [1.29, 1.82) is 0 Å². The molecule has 3 rings (SSSR count). The molecule has 130 valence electrons. The van der Waals surface area contributed by atoms with Crippen molar-refractivity contribution < 1.29 is 9.59 Å². The molecule has 2 aromatic rings. The summed E-state index contributed by atoms with van der Waals surface area (Å²) in [5, 5.41) is 5.74. The molecule has 1 aliphatic rings. The van der Waals surface area contributed by atoms with E-state index in [2.05, 4.69) is 22.8 Å². The second-order valence-electron chi connectivity index (χ2n) is 6.29. The Balaban J connectivity index is 1.40. The second-order valence-corrected chi connectivity index (χ2v) is 7.28. The van der Waals surface area contributed by atoms with Crippen LogP contribution in [0.5, 0.6) is 0 Å². The van der Waals surface area contributed by atoms with Crippen LogP contribution in [0.1, 0.15) is 23.1 Å². The molecule has 0 saturated carbocycles. The van der Waals surface area contributed by atoms with Gasteiger partial charge in [0.1, 0.15) is 0 Å². The highest BCUT2D eigenvalue weighted by molar-refractivity contribution is 8.00. The standard InChI is InChI=1S/C20H22N2O2S/c1-14-5-8-17(9-6-14)21-19(23)12-25-13-20(24)22-18-10-7-15-3-2-4-16(15)11-18/h5-11H,2-4,12-13H2,1H3,(H,21,23)(H,22,24). The highest BCUT2D eigenvalue weighted by Gasteiger charge is 2.12. The lowest BCUT2D eigenvalue weighted by Crippen LogP contribution is -2.18. The molecule has 4 nitrogen and oxygen atoms in total.